The summed E-state index contributed by atoms with van der Waals surface area (Å²) in [6.45, 7) is 1.83. The first-order valence-corrected chi connectivity index (χ1v) is 22.9. The minimum Gasteiger partial charge on any atom is -0.370 e. The molecule has 1 aliphatic rings. The van der Waals surface area contributed by atoms with E-state index < -0.39 is 108 Å². The molecule has 10 amide bonds. The van der Waals surface area contributed by atoms with E-state index in [1.54, 1.807) is 36.5 Å². The van der Waals surface area contributed by atoms with Crippen molar-refractivity contribution in [1.29, 1.82) is 0 Å². The van der Waals surface area contributed by atoms with Crippen LogP contribution in [0.4, 0.5) is 0 Å². The van der Waals surface area contributed by atoms with Crippen molar-refractivity contribution in [2.24, 2.45) is 22.2 Å². The van der Waals surface area contributed by atoms with Crippen molar-refractivity contribution in [3.05, 3.63) is 71.9 Å². The van der Waals surface area contributed by atoms with Gasteiger partial charge in [0.15, 0.2) is 5.96 Å². The zero-order valence-corrected chi connectivity index (χ0v) is 39.2. The molecule has 2 heterocycles. The summed E-state index contributed by atoms with van der Waals surface area (Å²) in [5.74, 6) is -7.91. The molecule has 0 bridgehead atoms. The average molecular weight is 973 g/mol. The fraction of sp³-hybridized carbons (Fsp3) is 0.457. The number of aromatic nitrogens is 1. The van der Waals surface area contributed by atoms with Crippen LogP contribution in [0.25, 0.3) is 10.9 Å². The summed E-state index contributed by atoms with van der Waals surface area (Å²) >= 11 is 0. The van der Waals surface area contributed by atoms with Crippen LogP contribution in [-0.2, 0) is 60.8 Å². The fourth-order valence-electron chi connectivity index (χ4n) is 7.49. The van der Waals surface area contributed by atoms with E-state index in [0.717, 1.165) is 10.9 Å². The number of aromatic amines is 1. The first kappa shape index (κ1) is 54.6. The summed E-state index contributed by atoms with van der Waals surface area (Å²) in [7, 11) is 0. The highest BCUT2D eigenvalue weighted by molar-refractivity contribution is 5.98. The number of H-pyrrole nitrogens is 1. The lowest BCUT2D eigenvalue weighted by Crippen LogP contribution is -2.60. The highest BCUT2D eigenvalue weighted by Gasteiger charge is 2.34. The molecular formula is C46H64N14O10. The summed E-state index contributed by atoms with van der Waals surface area (Å²) in [5.41, 5.74) is 18.8. The number of nitrogens with one attached hydrogen (secondary N) is 10. The molecule has 0 radical (unpaired) electrons. The molecule has 3 unspecified atom stereocenters. The second-order valence-electron chi connectivity index (χ2n) is 16.8. The molecule has 4 rings (SSSR count). The van der Waals surface area contributed by atoms with Gasteiger partial charge in [0.1, 0.15) is 36.3 Å². The van der Waals surface area contributed by atoms with Gasteiger partial charge in [0.25, 0.3) is 0 Å². The number of hydrogen-bond donors (Lipinski definition) is 13. The van der Waals surface area contributed by atoms with Crippen molar-refractivity contribution < 1.29 is 47.9 Å². The van der Waals surface area contributed by atoms with Gasteiger partial charge in [-0.25, -0.2) is 0 Å². The van der Waals surface area contributed by atoms with Crippen LogP contribution in [0.3, 0.4) is 0 Å². The predicted molar refractivity (Wildman–Crippen MR) is 256 cm³/mol. The third-order valence-electron chi connectivity index (χ3n) is 11.1. The molecule has 0 aliphatic carbocycles. The van der Waals surface area contributed by atoms with Crippen LogP contribution in [0.5, 0.6) is 0 Å². The number of aliphatic imine (C=N–C) groups is 1. The highest BCUT2D eigenvalue weighted by Crippen LogP contribution is 2.20. The standard InChI is InChI=1S/C46H64N14O10/c1-26(61)50-20-17-34-42(67)59-35(21-28-11-4-3-5-12-28)43(68)57-33(16-10-19-52-46(48)49)41(66)60-36(22-29-24-54-31-14-7-6-13-30(29)31)44(69)56-32(40(47)65)15-8-9-18-51-38(63)23-37(45(70)58-34)55-39(64)25-53-27(2)62/h3-7,11-14,24,32-37,54H,8-10,15-23,25H2,1-2H3,(H2,47,65)(H,50,61)(H,51,63)(H,53,62)(H,55,64)(H,56,69)(H,57,68)(H,58,70)(H,59,67)(H,60,66)(H4,48,49,52)/t32?,33-,34-,35?,36-,37?/m0/s1. The maximum absolute atomic E-state index is 14.5. The second-order valence-corrected chi connectivity index (χ2v) is 16.8. The van der Waals surface area contributed by atoms with Gasteiger partial charge in [-0.2, -0.15) is 0 Å². The first-order valence-electron chi connectivity index (χ1n) is 22.9. The lowest BCUT2D eigenvalue weighted by atomic mass is 10.0. The predicted octanol–water partition coefficient (Wildman–Crippen LogP) is -3.25. The van der Waals surface area contributed by atoms with Gasteiger partial charge in [0, 0.05) is 63.4 Å². The van der Waals surface area contributed by atoms with Gasteiger partial charge in [0.2, 0.25) is 59.1 Å². The van der Waals surface area contributed by atoms with E-state index in [1.807, 2.05) is 24.3 Å². The summed E-state index contributed by atoms with van der Waals surface area (Å²) in [5, 5.41) is 24.0. The van der Waals surface area contributed by atoms with Crippen LogP contribution in [0, 0.1) is 0 Å². The Bertz CT molecular complexity index is 2370. The number of nitrogens with two attached hydrogens (primary N) is 3. The van der Waals surface area contributed by atoms with Crippen LogP contribution in [0.15, 0.2) is 65.8 Å². The zero-order chi connectivity index (χ0) is 51.2. The molecule has 6 atom stereocenters. The van der Waals surface area contributed by atoms with Crippen LogP contribution in [-0.4, -0.2) is 132 Å². The molecule has 0 spiro atoms. The third kappa shape index (κ3) is 18.6. The van der Waals surface area contributed by atoms with Crippen molar-refractivity contribution >= 4 is 75.9 Å². The first-order chi connectivity index (χ1) is 33.4. The van der Waals surface area contributed by atoms with Crippen LogP contribution in [0.1, 0.15) is 69.9 Å². The van der Waals surface area contributed by atoms with Crippen LogP contribution >= 0.6 is 0 Å². The smallest absolute Gasteiger partial charge is 0.243 e. The zero-order valence-electron chi connectivity index (χ0n) is 39.2. The van der Waals surface area contributed by atoms with Gasteiger partial charge in [-0.3, -0.25) is 52.9 Å². The SMILES string of the molecule is CC(=O)NCC[C@@H]1NC(=O)C(NC(=O)CNC(C)=O)CC(=O)NCCCCC(C(N)=O)NC(=O)[C@H](Cc2c[nH]c3ccccc23)NC(=O)[C@H](CCCN=C(N)N)NC(=O)C(Cc2ccccc2)NC1=O. The van der Waals surface area contributed by atoms with Gasteiger partial charge in [-0.1, -0.05) is 48.5 Å². The average Bonchev–Trinajstić information content (AvgIpc) is 3.72. The van der Waals surface area contributed by atoms with E-state index in [4.69, 9.17) is 17.2 Å². The lowest BCUT2D eigenvalue weighted by molar-refractivity contribution is -0.136. The number of primary amides is 1. The lowest BCUT2D eigenvalue weighted by Gasteiger charge is -2.28. The molecule has 70 heavy (non-hydrogen) atoms. The second kappa shape index (κ2) is 27.7. The fourth-order valence-corrected chi connectivity index (χ4v) is 7.49. The molecule has 1 aliphatic heterocycles. The molecule has 1 fully saturated rings. The largest absolute Gasteiger partial charge is 0.370 e. The Kier molecular flexibility index (Phi) is 21.6. The Morgan fingerprint density at radius 2 is 1.29 bits per heavy atom. The number of benzene rings is 2. The molecule has 3 aromatic rings. The van der Waals surface area contributed by atoms with Gasteiger partial charge >= 0.3 is 0 Å². The monoisotopic (exact) mass is 972 g/mol. The van der Waals surface area contributed by atoms with Crippen molar-refractivity contribution in [1.82, 2.24) is 52.8 Å². The summed E-state index contributed by atoms with van der Waals surface area (Å²) < 4.78 is 0. The van der Waals surface area contributed by atoms with Gasteiger partial charge < -0.3 is 70.0 Å². The van der Waals surface area contributed by atoms with Crippen LogP contribution in [0.2, 0.25) is 0 Å². The number of fused-ring (bicyclic) bond motifs is 1. The maximum Gasteiger partial charge on any atom is 0.243 e. The molecule has 24 heteroatoms. The number of guanidine groups is 1. The topological polar surface area (TPSA) is 385 Å². The maximum atomic E-state index is 14.5. The Balaban J connectivity index is 1.78. The number of carbonyl (C=O) groups is 10. The molecule has 0 saturated carbocycles. The van der Waals surface area contributed by atoms with Gasteiger partial charge in [-0.05, 0) is 55.7 Å². The summed E-state index contributed by atoms with van der Waals surface area (Å²) in [6, 6.07) is 7.45. The minimum absolute atomic E-state index is 0.0296. The molecular weight excluding hydrogens is 909 g/mol. The molecule has 24 nitrogen and oxygen atoms in total. The molecule has 378 valence electrons. The van der Waals surface area contributed by atoms with Crippen molar-refractivity contribution in [3.63, 3.8) is 0 Å². The number of rotatable bonds is 15. The number of amides is 10. The quantitative estimate of drug-likeness (QED) is 0.0406. The Morgan fingerprint density at radius 1 is 0.686 bits per heavy atom. The molecule has 1 aromatic heterocycles. The summed E-state index contributed by atoms with van der Waals surface area (Å²) in [4.78, 5) is 141. The van der Waals surface area contributed by atoms with Gasteiger partial charge in [0.05, 0.1) is 13.0 Å². The molecule has 2 aromatic carbocycles. The molecule has 16 N–H and O–H groups in total. The van der Waals surface area contributed by atoms with Crippen molar-refractivity contribution in [2.75, 3.05) is 26.2 Å². The van der Waals surface area contributed by atoms with E-state index in [2.05, 4.69) is 57.8 Å². The van der Waals surface area contributed by atoms with E-state index in [9.17, 15) is 47.9 Å². The third-order valence-corrected chi connectivity index (χ3v) is 11.1. The number of para-hydroxylation sites is 1. The number of hydrogen-bond acceptors (Lipinski definition) is 11. The highest BCUT2D eigenvalue weighted by atomic mass is 16.2. The van der Waals surface area contributed by atoms with E-state index in [0.29, 0.717) is 11.1 Å². The normalized spacial score (nSPS) is 21.3. The Labute approximate surface area is 404 Å². The van der Waals surface area contributed by atoms with Crippen molar-refractivity contribution in [2.45, 2.75) is 108 Å². The Morgan fingerprint density at radius 3 is 1.96 bits per heavy atom. The summed E-state index contributed by atoms with van der Waals surface area (Å²) in [6.07, 6.45) is 1.28. The van der Waals surface area contributed by atoms with Crippen molar-refractivity contribution in [3.8, 4) is 0 Å². The van der Waals surface area contributed by atoms with E-state index >= 15 is 0 Å². The van der Waals surface area contributed by atoms with E-state index in [-0.39, 0.29) is 77.0 Å². The molecule has 1 saturated heterocycles. The minimum atomic E-state index is -1.59. The Hall–Kier alpha value is -8.05. The van der Waals surface area contributed by atoms with Crippen LogP contribution < -0.4 is 65.1 Å². The van der Waals surface area contributed by atoms with E-state index in [1.165, 1.54) is 13.8 Å². The number of carbonyl (C=O) groups excluding carboxylic acids is 10. The number of nitrogens with zero attached hydrogens (tertiary/aromatic N) is 1. The van der Waals surface area contributed by atoms with Gasteiger partial charge in [-0.15, -0.1) is 0 Å².